The summed E-state index contributed by atoms with van der Waals surface area (Å²) in [6, 6.07) is 14.0. The quantitative estimate of drug-likeness (QED) is 0.396. The second-order valence-electron chi connectivity index (χ2n) is 7.97. The van der Waals surface area contributed by atoms with E-state index < -0.39 is 0 Å². The first-order valence-electron chi connectivity index (χ1n) is 11.5. The van der Waals surface area contributed by atoms with Gasteiger partial charge in [0.2, 0.25) is 0 Å². The van der Waals surface area contributed by atoms with Crippen LogP contribution >= 0.6 is 15.9 Å². The largest absolute Gasteiger partial charge is 0.493 e. The van der Waals surface area contributed by atoms with Crippen molar-refractivity contribution in [2.24, 2.45) is 0 Å². The Morgan fingerprint density at radius 1 is 1.12 bits per heavy atom. The summed E-state index contributed by atoms with van der Waals surface area (Å²) in [4.78, 5) is 14.6. The zero-order valence-electron chi connectivity index (χ0n) is 19.3. The molecule has 180 valence electrons. The molecule has 2 N–H and O–H groups in total. The maximum Gasteiger partial charge on any atom is 0.257 e. The van der Waals surface area contributed by atoms with Gasteiger partial charge in [-0.15, -0.1) is 0 Å². The monoisotopic (exact) mass is 519 g/mol. The molecule has 7 nitrogen and oxygen atoms in total. The Labute approximate surface area is 204 Å². The second-order valence-corrected chi connectivity index (χ2v) is 8.82. The first kappa shape index (κ1) is 25.5. The number of nitrogens with zero attached hydrogens (tertiary/aromatic N) is 1. The van der Waals surface area contributed by atoms with Crippen molar-refractivity contribution in [1.82, 2.24) is 15.5 Å². The Morgan fingerprint density at radius 2 is 1.91 bits per heavy atom. The molecular formula is C25H34BrN3O4. The number of hydrogen-bond acceptors (Lipinski definition) is 6. The molecule has 1 saturated heterocycles. The Bertz CT molecular complexity index is 860. The number of hydrogen-bond donors (Lipinski definition) is 2. The van der Waals surface area contributed by atoms with Gasteiger partial charge in [-0.2, -0.15) is 0 Å². The number of nitrogens with one attached hydrogen (secondary N) is 2. The van der Waals surface area contributed by atoms with Crippen LogP contribution in [0.4, 0.5) is 0 Å². The topological polar surface area (TPSA) is 72.1 Å². The van der Waals surface area contributed by atoms with Gasteiger partial charge in [-0.1, -0.05) is 30.3 Å². The zero-order chi connectivity index (χ0) is 23.3. The minimum atomic E-state index is -0.161. The lowest BCUT2D eigenvalue weighted by atomic mass is 10.1. The summed E-state index contributed by atoms with van der Waals surface area (Å²) in [6.45, 7) is 6.99. The Morgan fingerprint density at radius 3 is 2.67 bits per heavy atom. The fraction of sp³-hybridized carbons (Fsp3) is 0.480. The van der Waals surface area contributed by atoms with Gasteiger partial charge in [0, 0.05) is 26.2 Å². The third-order valence-corrected chi connectivity index (χ3v) is 6.07. The van der Waals surface area contributed by atoms with Crippen molar-refractivity contribution in [2.75, 3.05) is 59.7 Å². The SMILES string of the molecule is COc1cc(CNCCCN2CCOCC2)cc(Br)c1OCC(=O)NCCc1ccccc1. The smallest absolute Gasteiger partial charge is 0.257 e. The van der Waals surface area contributed by atoms with Gasteiger partial charge in [-0.05, 0) is 65.1 Å². The van der Waals surface area contributed by atoms with E-state index in [9.17, 15) is 4.79 Å². The van der Waals surface area contributed by atoms with Gasteiger partial charge in [-0.25, -0.2) is 0 Å². The molecule has 8 heteroatoms. The molecule has 1 aliphatic rings. The van der Waals surface area contributed by atoms with E-state index in [1.807, 2.05) is 42.5 Å². The Hall–Kier alpha value is -2.13. The molecule has 0 atom stereocenters. The van der Waals surface area contributed by atoms with Gasteiger partial charge in [0.25, 0.3) is 5.91 Å². The molecule has 2 aromatic carbocycles. The number of carbonyl (C=O) groups is 1. The van der Waals surface area contributed by atoms with Crippen molar-refractivity contribution < 1.29 is 19.0 Å². The molecule has 0 saturated carbocycles. The molecule has 0 aromatic heterocycles. The highest BCUT2D eigenvalue weighted by Gasteiger charge is 2.14. The number of benzene rings is 2. The van der Waals surface area contributed by atoms with Crippen LogP contribution in [0.1, 0.15) is 17.5 Å². The maximum absolute atomic E-state index is 12.2. The summed E-state index contributed by atoms with van der Waals surface area (Å²) in [5.74, 6) is 0.976. The standard InChI is InChI=1S/C25H34BrN3O4/c1-31-23-17-21(18-27-9-5-11-29-12-14-32-15-13-29)16-22(26)25(23)33-19-24(30)28-10-8-20-6-3-2-4-7-20/h2-4,6-7,16-17,27H,5,8-15,18-19H2,1H3,(H,28,30). The molecule has 2 aromatic rings. The lowest BCUT2D eigenvalue weighted by Crippen LogP contribution is -2.37. The molecule has 3 rings (SSSR count). The molecule has 0 spiro atoms. The third kappa shape index (κ3) is 8.97. The van der Waals surface area contributed by atoms with E-state index in [0.717, 1.165) is 68.8 Å². The van der Waals surface area contributed by atoms with Crippen LogP contribution < -0.4 is 20.1 Å². The maximum atomic E-state index is 12.2. The average Bonchev–Trinajstić information content (AvgIpc) is 2.84. The van der Waals surface area contributed by atoms with Crippen molar-refractivity contribution in [3.63, 3.8) is 0 Å². The average molecular weight is 520 g/mol. The van der Waals surface area contributed by atoms with Gasteiger partial charge in [0.05, 0.1) is 24.8 Å². The molecular weight excluding hydrogens is 486 g/mol. The van der Waals surface area contributed by atoms with E-state index in [4.69, 9.17) is 14.2 Å². The van der Waals surface area contributed by atoms with Gasteiger partial charge in [-0.3, -0.25) is 9.69 Å². The van der Waals surface area contributed by atoms with E-state index in [0.29, 0.717) is 18.0 Å². The number of carbonyl (C=O) groups excluding carboxylic acids is 1. The number of halogens is 1. The van der Waals surface area contributed by atoms with Crippen LogP contribution in [0, 0.1) is 0 Å². The molecule has 1 fully saturated rings. The summed E-state index contributed by atoms with van der Waals surface area (Å²) in [7, 11) is 1.61. The van der Waals surface area contributed by atoms with E-state index >= 15 is 0 Å². The fourth-order valence-corrected chi connectivity index (χ4v) is 4.28. The number of amides is 1. The molecule has 0 unspecified atom stereocenters. The lowest BCUT2D eigenvalue weighted by Gasteiger charge is -2.26. The molecule has 0 bridgehead atoms. The summed E-state index contributed by atoms with van der Waals surface area (Å²) < 4.78 is 17.4. The number of morpholine rings is 1. The van der Waals surface area contributed by atoms with Crippen molar-refractivity contribution >= 4 is 21.8 Å². The van der Waals surface area contributed by atoms with Crippen LogP contribution in [0.5, 0.6) is 11.5 Å². The minimum Gasteiger partial charge on any atom is -0.493 e. The predicted molar refractivity (Wildman–Crippen MR) is 133 cm³/mol. The van der Waals surface area contributed by atoms with Crippen LogP contribution in [0.15, 0.2) is 46.9 Å². The number of rotatable bonds is 13. The van der Waals surface area contributed by atoms with Crippen LogP contribution in [-0.4, -0.2) is 70.5 Å². The Kier molecular flexibility index (Phi) is 11.0. The summed E-state index contributed by atoms with van der Waals surface area (Å²) >= 11 is 3.56. The molecule has 0 aliphatic carbocycles. The van der Waals surface area contributed by atoms with E-state index in [2.05, 4.69) is 31.5 Å². The molecule has 0 radical (unpaired) electrons. The predicted octanol–water partition coefficient (Wildman–Crippen LogP) is 3.01. The first-order valence-corrected chi connectivity index (χ1v) is 12.3. The van der Waals surface area contributed by atoms with Crippen molar-refractivity contribution in [1.29, 1.82) is 0 Å². The molecule has 1 aliphatic heterocycles. The molecule has 33 heavy (non-hydrogen) atoms. The highest BCUT2D eigenvalue weighted by atomic mass is 79.9. The van der Waals surface area contributed by atoms with Gasteiger partial charge in [0.15, 0.2) is 18.1 Å². The highest BCUT2D eigenvalue weighted by molar-refractivity contribution is 9.10. The Balaban J connectivity index is 1.39. The van der Waals surface area contributed by atoms with Crippen LogP contribution in [0.2, 0.25) is 0 Å². The van der Waals surface area contributed by atoms with Crippen LogP contribution in [0.25, 0.3) is 0 Å². The summed E-state index contributed by atoms with van der Waals surface area (Å²) in [6.07, 6.45) is 1.88. The minimum absolute atomic E-state index is 0.0666. The van der Waals surface area contributed by atoms with Crippen LogP contribution in [-0.2, 0) is 22.5 Å². The zero-order valence-corrected chi connectivity index (χ0v) is 20.9. The molecule has 1 amide bonds. The van der Waals surface area contributed by atoms with Gasteiger partial charge in [0.1, 0.15) is 0 Å². The fourth-order valence-electron chi connectivity index (χ4n) is 3.68. The van der Waals surface area contributed by atoms with Crippen molar-refractivity contribution in [3.05, 3.63) is 58.1 Å². The van der Waals surface area contributed by atoms with E-state index in [1.165, 1.54) is 5.56 Å². The number of methoxy groups -OCH3 is 1. The highest BCUT2D eigenvalue weighted by Crippen LogP contribution is 2.36. The first-order chi connectivity index (χ1) is 16.2. The molecule has 1 heterocycles. The van der Waals surface area contributed by atoms with Crippen molar-refractivity contribution in [2.45, 2.75) is 19.4 Å². The van der Waals surface area contributed by atoms with E-state index in [-0.39, 0.29) is 12.5 Å². The normalized spacial score (nSPS) is 14.1. The summed E-state index contributed by atoms with van der Waals surface area (Å²) in [5, 5.41) is 6.38. The number of ether oxygens (including phenoxy) is 3. The van der Waals surface area contributed by atoms with Gasteiger partial charge >= 0.3 is 0 Å². The van der Waals surface area contributed by atoms with Crippen molar-refractivity contribution in [3.8, 4) is 11.5 Å². The van der Waals surface area contributed by atoms with Crippen LogP contribution in [0.3, 0.4) is 0 Å². The summed E-state index contributed by atoms with van der Waals surface area (Å²) in [5.41, 5.74) is 2.28. The lowest BCUT2D eigenvalue weighted by molar-refractivity contribution is -0.123. The second kappa shape index (κ2) is 14.2. The van der Waals surface area contributed by atoms with E-state index in [1.54, 1.807) is 7.11 Å². The third-order valence-electron chi connectivity index (χ3n) is 5.48. The van der Waals surface area contributed by atoms with Gasteiger partial charge < -0.3 is 24.8 Å².